The Balaban J connectivity index is 1.73. The second-order valence-electron chi connectivity index (χ2n) is 6.63. The Morgan fingerprint density at radius 3 is 2.33 bits per heavy atom. The first-order chi connectivity index (χ1) is 8.65. The molecule has 0 aromatic heterocycles. The van der Waals surface area contributed by atoms with Gasteiger partial charge in [-0.2, -0.15) is 0 Å². The van der Waals surface area contributed by atoms with Gasteiger partial charge in [-0.1, -0.05) is 26.7 Å². The molecule has 1 heterocycles. The second-order valence-corrected chi connectivity index (χ2v) is 6.63. The van der Waals surface area contributed by atoms with E-state index in [9.17, 15) is 0 Å². The number of hydrogen-bond donors (Lipinski definition) is 1. The van der Waals surface area contributed by atoms with Gasteiger partial charge in [0.2, 0.25) is 0 Å². The molecule has 1 saturated heterocycles. The van der Waals surface area contributed by atoms with E-state index in [1.54, 1.807) is 0 Å². The third kappa shape index (κ3) is 4.22. The first kappa shape index (κ1) is 14.3. The van der Waals surface area contributed by atoms with E-state index >= 15 is 0 Å². The molecule has 0 aromatic carbocycles. The van der Waals surface area contributed by atoms with Gasteiger partial charge in [-0.15, -0.1) is 0 Å². The SMILES string of the molecule is CC(C)C1CCCC(NN2CCN(C)CC2)CC1. The van der Waals surface area contributed by atoms with Gasteiger partial charge in [0.15, 0.2) is 0 Å². The van der Waals surface area contributed by atoms with E-state index in [0.717, 1.165) is 17.9 Å². The topological polar surface area (TPSA) is 18.5 Å². The summed E-state index contributed by atoms with van der Waals surface area (Å²) in [6, 6.07) is 0.733. The number of likely N-dealkylation sites (N-methyl/N-ethyl adjacent to an activating group) is 1. The summed E-state index contributed by atoms with van der Waals surface area (Å²) in [7, 11) is 2.22. The highest BCUT2D eigenvalue weighted by atomic mass is 15.5. The molecule has 1 aliphatic carbocycles. The van der Waals surface area contributed by atoms with Crippen molar-refractivity contribution >= 4 is 0 Å². The summed E-state index contributed by atoms with van der Waals surface area (Å²) in [5.41, 5.74) is 3.78. The van der Waals surface area contributed by atoms with Crippen LogP contribution < -0.4 is 5.43 Å². The molecular formula is C15H31N3. The maximum Gasteiger partial charge on any atom is 0.0259 e. The molecule has 0 spiro atoms. The van der Waals surface area contributed by atoms with E-state index in [4.69, 9.17) is 0 Å². The molecule has 0 radical (unpaired) electrons. The molecule has 1 saturated carbocycles. The number of piperazine rings is 1. The van der Waals surface area contributed by atoms with Crippen LogP contribution in [0.25, 0.3) is 0 Å². The molecule has 3 nitrogen and oxygen atoms in total. The highest BCUT2D eigenvalue weighted by Gasteiger charge is 2.23. The van der Waals surface area contributed by atoms with Crippen molar-refractivity contribution in [3.63, 3.8) is 0 Å². The number of rotatable bonds is 3. The zero-order valence-corrected chi connectivity index (χ0v) is 12.5. The summed E-state index contributed by atoms with van der Waals surface area (Å²) in [6.45, 7) is 9.54. The zero-order chi connectivity index (χ0) is 13.0. The number of nitrogens with zero attached hydrogens (tertiary/aromatic N) is 2. The Morgan fingerprint density at radius 1 is 0.944 bits per heavy atom. The fourth-order valence-electron chi connectivity index (χ4n) is 3.32. The van der Waals surface area contributed by atoms with Crippen LogP contribution in [-0.4, -0.2) is 49.2 Å². The fraction of sp³-hybridized carbons (Fsp3) is 1.00. The lowest BCUT2D eigenvalue weighted by molar-refractivity contribution is 0.0830. The van der Waals surface area contributed by atoms with Crippen LogP contribution in [0.2, 0.25) is 0 Å². The first-order valence-electron chi connectivity index (χ1n) is 7.85. The van der Waals surface area contributed by atoms with Gasteiger partial charge in [0.05, 0.1) is 0 Å². The Morgan fingerprint density at radius 2 is 1.67 bits per heavy atom. The number of hydrazine groups is 1. The van der Waals surface area contributed by atoms with Crippen LogP contribution in [0.4, 0.5) is 0 Å². The second kappa shape index (κ2) is 6.88. The maximum atomic E-state index is 3.78. The molecule has 1 N–H and O–H groups in total. The molecule has 2 atom stereocenters. The van der Waals surface area contributed by atoms with Crippen molar-refractivity contribution in [1.29, 1.82) is 0 Å². The van der Waals surface area contributed by atoms with Crippen LogP contribution in [0, 0.1) is 11.8 Å². The average molecular weight is 253 g/mol. The van der Waals surface area contributed by atoms with Crippen molar-refractivity contribution < 1.29 is 0 Å². The van der Waals surface area contributed by atoms with Gasteiger partial charge in [-0.25, -0.2) is 5.01 Å². The fourth-order valence-corrected chi connectivity index (χ4v) is 3.32. The van der Waals surface area contributed by atoms with Crippen LogP contribution >= 0.6 is 0 Å². The minimum absolute atomic E-state index is 0.733. The van der Waals surface area contributed by atoms with Crippen LogP contribution in [0.1, 0.15) is 46.0 Å². The third-order valence-electron chi connectivity index (χ3n) is 4.82. The summed E-state index contributed by atoms with van der Waals surface area (Å²) in [4.78, 5) is 2.42. The van der Waals surface area contributed by atoms with E-state index < -0.39 is 0 Å². The molecule has 1 aliphatic heterocycles. The summed E-state index contributed by atoms with van der Waals surface area (Å²) < 4.78 is 0. The van der Waals surface area contributed by atoms with E-state index in [0.29, 0.717) is 0 Å². The monoisotopic (exact) mass is 253 g/mol. The zero-order valence-electron chi connectivity index (χ0n) is 12.5. The first-order valence-corrected chi connectivity index (χ1v) is 7.85. The molecule has 106 valence electrons. The average Bonchev–Trinajstić information content (AvgIpc) is 2.58. The van der Waals surface area contributed by atoms with Crippen molar-refractivity contribution in [3.8, 4) is 0 Å². The standard InChI is InChI=1S/C15H31N3/c1-13(2)14-5-4-6-15(8-7-14)16-18-11-9-17(3)10-12-18/h13-16H,4-12H2,1-3H3. The lowest BCUT2D eigenvalue weighted by Crippen LogP contribution is -2.53. The number of nitrogens with one attached hydrogen (secondary N) is 1. The summed E-state index contributed by atoms with van der Waals surface area (Å²) in [5.74, 6) is 1.83. The Kier molecular flexibility index (Phi) is 5.46. The quantitative estimate of drug-likeness (QED) is 0.779. The lowest BCUT2D eigenvalue weighted by Gasteiger charge is -2.35. The van der Waals surface area contributed by atoms with Gasteiger partial charge in [-0.3, -0.25) is 5.43 Å². The van der Waals surface area contributed by atoms with Crippen molar-refractivity contribution in [2.24, 2.45) is 11.8 Å². The van der Waals surface area contributed by atoms with Crippen molar-refractivity contribution in [1.82, 2.24) is 15.3 Å². The normalized spacial score (nSPS) is 32.7. The van der Waals surface area contributed by atoms with Gasteiger partial charge in [0.25, 0.3) is 0 Å². The van der Waals surface area contributed by atoms with Gasteiger partial charge in [-0.05, 0) is 38.1 Å². The van der Waals surface area contributed by atoms with Crippen LogP contribution in [-0.2, 0) is 0 Å². The van der Waals surface area contributed by atoms with Gasteiger partial charge in [0, 0.05) is 32.2 Å². The molecule has 2 aliphatic rings. The largest absolute Gasteiger partial charge is 0.304 e. The van der Waals surface area contributed by atoms with Crippen molar-refractivity contribution in [2.45, 2.75) is 52.0 Å². The van der Waals surface area contributed by atoms with Gasteiger partial charge < -0.3 is 4.90 Å². The Bertz CT molecular complexity index is 234. The smallest absolute Gasteiger partial charge is 0.0259 e. The summed E-state index contributed by atoms with van der Waals surface area (Å²) in [6.07, 6.45) is 7.01. The van der Waals surface area contributed by atoms with Crippen LogP contribution in [0.15, 0.2) is 0 Å². The third-order valence-corrected chi connectivity index (χ3v) is 4.82. The van der Waals surface area contributed by atoms with Gasteiger partial charge >= 0.3 is 0 Å². The summed E-state index contributed by atoms with van der Waals surface area (Å²) >= 11 is 0. The predicted molar refractivity (Wildman–Crippen MR) is 77.4 cm³/mol. The number of hydrogen-bond acceptors (Lipinski definition) is 3. The van der Waals surface area contributed by atoms with Crippen molar-refractivity contribution in [2.75, 3.05) is 33.2 Å². The maximum absolute atomic E-state index is 3.78. The van der Waals surface area contributed by atoms with E-state index in [2.05, 4.69) is 36.2 Å². The van der Waals surface area contributed by atoms with Gasteiger partial charge in [0.1, 0.15) is 0 Å². The minimum Gasteiger partial charge on any atom is -0.304 e. The minimum atomic E-state index is 0.733. The molecule has 0 amide bonds. The molecule has 0 aromatic rings. The van der Waals surface area contributed by atoms with E-state index in [-0.39, 0.29) is 0 Å². The van der Waals surface area contributed by atoms with Crippen molar-refractivity contribution in [3.05, 3.63) is 0 Å². The Hall–Kier alpha value is -0.120. The Labute approximate surface area is 113 Å². The molecule has 2 rings (SSSR count). The molecule has 2 fully saturated rings. The molecule has 2 unspecified atom stereocenters. The van der Waals surface area contributed by atoms with E-state index in [1.165, 1.54) is 58.3 Å². The van der Waals surface area contributed by atoms with Crippen LogP contribution in [0.3, 0.4) is 0 Å². The molecule has 3 heteroatoms. The molecule has 18 heavy (non-hydrogen) atoms. The molecular weight excluding hydrogens is 222 g/mol. The van der Waals surface area contributed by atoms with Crippen LogP contribution in [0.5, 0.6) is 0 Å². The molecule has 0 bridgehead atoms. The predicted octanol–water partition coefficient (Wildman–Crippen LogP) is 2.34. The lowest BCUT2D eigenvalue weighted by atomic mass is 9.89. The highest BCUT2D eigenvalue weighted by Crippen LogP contribution is 2.28. The highest BCUT2D eigenvalue weighted by molar-refractivity contribution is 4.77. The summed E-state index contributed by atoms with van der Waals surface area (Å²) in [5, 5.41) is 2.46. The van der Waals surface area contributed by atoms with E-state index in [1.807, 2.05) is 0 Å².